The van der Waals surface area contributed by atoms with Gasteiger partial charge in [0.25, 0.3) is 0 Å². The van der Waals surface area contributed by atoms with E-state index in [1.807, 2.05) is 23.9 Å². The first-order valence-corrected chi connectivity index (χ1v) is 9.54. The molecule has 2 aromatic rings. The molecule has 0 spiro atoms. The summed E-state index contributed by atoms with van der Waals surface area (Å²) in [6, 6.07) is 8.69. The molecule has 0 saturated heterocycles. The van der Waals surface area contributed by atoms with Gasteiger partial charge in [0.1, 0.15) is 5.75 Å². The maximum Gasteiger partial charge on any atom is 0.191 e. The number of rotatable bonds is 6. The Bertz CT molecular complexity index is 618. The van der Waals surface area contributed by atoms with Crippen molar-refractivity contribution in [2.45, 2.75) is 56.6 Å². The van der Waals surface area contributed by atoms with E-state index in [9.17, 15) is 0 Å². The molecule has 0 amide bonds. The molecule has 1 saturated carbocycles. The van der Waals surface area contributed by atoms with Crippen molar-refractivity contribution in [1.29, 1.82) is 0 Å². The van der Waals surface area contributed by atoms with Crippen LogP contribution in [0.3, 0.4) is 0 Å². The number of thioether (sulfide) groups is 1. The van der Waals surface area contributed by atoms with Crippen LogP contribution in [0.4, 0.5) is 0 Å². The lowest BCUT2D eigenvalue weighted by molar-refractivity contribution is 0.339. The Hall–Kier alpha value is -1.49. The van der Waals surface area contributed by atoms with Gasteiger partial charge < -0.3 is 4.74 Å². The van der Waals surface area contributed by atoms with Gasteiger partial charge in [-0.15, -0.1) is 10.2 Å². The van der Waals surface area contributed by atoms with Crippen molar-refractivity contribution >= 4 is 11.8 Å². The Morgan fingerprint density at radius 2 is 1.87 bits per heavy atom. The highest BCUT2D eigenvalue weighted by atomic mass is 32.2. The molecule has 1 heterocycles. The molecule has 1 aromatic heterocycles. The lowest BCUT2D eigenvalue weighted by Crippen LogP contribution is -2.15. The third kappa shape index (κ3) is 3.71. The maximum absolute atomic E-state index is 5.26. The Morgan fingerprint density at radius 3 is 2.52 bits per heavy atom. The normalized spacial score (nSPS) is 15.7. The molecule has 0 unspecified atom stereocenters. The van der Waals surface area contributed by atoms with Crippen molar-refractivity contribution in [2.24, 2.45) is 0 Å². The Kier molecular flexibility index (Phi) is 5.60. The molecule has 0 bridgehead atoms. The second-order valence-electron chi connectivity index (χ2n) is 6.04. The fourth-order valence-electron chi connectivity index (χ4n) is 3.17. The molecule has 5 heteroatoms. The minimum absolute atomic E-state index is 0.537. The molecule has 0 aliphatic heterocycles. The van der Waals surface area contributed by atoms with Crippen LogP contribution in [-0.2, 0) is 0 Å². The summed E-state index contributed by atoms with van der Waals surface area (Å²) in [5.74, 6) is 2.96. The van der Waals surface area contributed by atoms with Crippen LogP contribution in [0.2, 0.25) is 0 Å². The van der Waals surface area contributed by atoms with Crippen LogP contribution in [0.25, 0.3) is 11.4 Å². The van der Waals surface area contributed by atoms with Crippen molar-refractivity contribution in [3.8, 4) is 17.1 Å². The third-order valence-electron chi connectivity index (χ3n) is 4.39. The van der Waals surface area contributed by atoms with Crippen LogP contribution in [0.5, 0.6) is 5.75 Å². The monoisotopic (exact) mass is 331 g/mol. The second-order valence-corrected chi connectivity index (χ2v) is 7.11. The fourth-order valence-corrected chi connectivity index (χ4v) is 4.03. The van der Waals surface area contributed by atoms with E-state index >= 15 is 0 Å². The highest BCUT2D eigenvalue weighted by Crippen LogP contribution is 2.35. The molecule has 0 atom stereocenters. The van der Waals surface area contributed by atoms with Crippen LogP contribution in [-0.4, -0.2) is 27.6 Å². The molecular weight excluding hydrogens is 306 g/mol. The van der Waals surface area contributed by atoms with Gasteiger partial charge in [0, 0.05) is 17.4 Å². The number of hydrogen-bond donors (Lipinski definition) is 0. The van der Waals surface area contributed by atoms with Gasteiger partial charge in [-0.3, -0.25) is 4.57 Å². The highest BCUT2D eigenvalue weighted by Gasteiger charge is 2.23. The Morgan fingerprint density at radius 1 is 1.13 bits per heavy atom. The zero-order valence-corrected chi connectivity index (χ0v) is 14.8. The van der Waals surface area contributed by atoms with Crippen LogP contribution in [0, 0.1) is 0 Å². The number of aromatic nitrogens is 3. The summed E-state index contributed by atoms with van der Waals surface area (Å²) in [6.07, 6.45) is 7.60. The van der Waals surface area contributed by atoms with Crippen molar-refractivity contribution in [3.05, 3.63) is 24.3 Å². The Balaban J connectivity index is 1.95. The van der Waals surface area contributed by atoms with E-state index in [1.54, 1.807) is 7.11 Å². The van der Waals surface area contributed by atoms with Gasteiger partial charge in [0.2, 0.25) is 0 Å². The van der Waals surface area contributed by atoms with Crippen molar-refractivity contribution in [1.82, 2.24) is 14.8 Å². The number of ether oxygens (including phenoxy) is 1. The number of hydrogen-bond acceptors (Lipinski definition) is 4. The zero-order valence-electron chi connectivity index (χ0n) is 14.0. The summed E-state index contributed by atoms with van der Waals surface area (Å²) in [6.45, 7) is 2.21. The first kappa shape index (κ1) is 16.4. The van der Waals surface area contributed by atoms with Gasteiger partial charge in [-0.1, -0.05) is 37.9 Å². The molecule has 4 nitrogen and oxygen atoms in total. The van der Waals surface area contributed by atoms with Gasteiger partial charge in [-0.25, -0.2) is 0 Å². The van der Waals surface area contributed by atoms with Crippen LogP contribution in [0.15, 0.2) is 29.4 Å². The minimum Gasteiger partial charge on any atom is -0.497 e. The predicted molar refractivity (Wildman–Crippen MR) is 95.1 cm³/mol. The second kappa shape index (κ2) is 7.86. The minimum atomic E-state index is 0.537. The molecule has 124 valence electrons. The predicted octanol–water partition coefficient (Wildman–Crippen LogP) is 4.96. The number of nitrogens with zero attached hydrogens (tertiary/aromatic N) is 3. The number of methoxy groups -OCH3 is 1. The molecular formula is C18H25N3OS. The maximum atomic E-state index is 5.26. The molecule has 1 aliphatic carbocycles. The summed E-state index contributed by atoms with van der Waals surface area (Å²) in [7, 11) is 1.69. The molecule has 1 aliphatic rings. The van der Waals surface area contributed by atoms with E-state index in [-0.39, 0.29) is 0 Å². The molecule has 0 radical (unpaired) electrons. The smallest absolute Gasteiger partial charge is 0.191 e. The Labute approximate surface area is 142 Å². The third-order valence-corrected chi connectivity index (χ3v) is 5.54. The largest absolute Gasteiger partial charge is 0.497 e. The van der Waals surface area contributed by atoms with Crippen molar-refractivity contribution in [3.63, 3.8) is 0 Å². The average Bonchev–Trinajstić information content (AvgIpc) is 3.04. The molecule has 23 heavy (non-hydrogen) atoms. The lowest BCUT2D eigenvalue weighted by Gasteiger charge is -2.25. The summed E-state index contributed by atoms with van der Waals surface area (Å²) in [4.78, 5) is 0. The standard InChI is InChI=1S/C18H25N3OS/c1-3-13-23-18-20-19-17(14-9-11-16(22-2)12-10-14)21(18)15-7-5-4-6-8-15/h9-12,15H,3-8,13H2,1-2H3. The summed E-state index contributed by atoms with van der Waals surface area (Å²) < 4.78 is 7.65. The zero-order chi connectivity index (χ0) is 16.1. The average molecular weight is 331 g/mol. The summed E-state index contributed by atoms with van der Waals surface area (Å²) >= 11 is 1.83. The van der Waals surface area contributed by atoms with Gasteiger partial charge in [0.15, 0.2) is 11.0 Å². The quantitative estimate of drug-likeness (QED) is 0.701. The lowest BCUT2D eigenvalue weighted by atomic mass is 9.95. The van der Waals surface area contributed by atoms with Crippen molar-refractivity contribution in [2.75, 3.05) is 12.9 Å². The van der Waals surface area contributed by atoms with E-state index < -0.39 is 0 Å². The first-order valence-electron chi connectivity index (χ1n) is 8.55. The molecule has 1 aromatic carbocycles. The first-order chi connectivity index (χ1) is 11.3. The van der Waals surface area contributed by atoms with Crippen LogP contribution in [0.1, 0.15) is 51.5 Å². The van der Waals surface area contributed by atoms with Gasteiger partial charge in [-0.05, 0) is 43.5 Å². The molecule has 0 N–H and O–H groups in total. The fraction of sp³-hybridized carbons (Fsp3) is 0.556. The van der Waals surface area contributed by atoms with E-state index in [2.05, 4.69) is 33.8 Å². The SMILES string of the molecule is CCCSc1nnc(-c2ccc(OC)cc2)n1C1CCCCC1. The summed E-state index contributed by atoms with van der Waals surface area (Å²) in [5.41, 5.74) is 1.12. The van der Waals surface area contributed by atoms with Gasteiger partial charge in [-0.2, -0.15) is 0 Å². The van der Waals surface area contributed by atoms with Crippen LogP contribution >= 0.6 is 11.8 Å². The van der Waals surface area contributed by atoms with Crippen molar-refractivity contribution < 1.29 is 4.74 Å². The van der Waals surface area contributed by atoms with E-state index in [0.717, 1.165) is 34.5 Å². The van der Waals surface area contributed by atoms with E-state index in [4.69, 9.17) is 4.74 Å². The highest BCUT2D eigenvalue weighted by molar-refractivity contribution is 7.99. The summed E-state index contributed by atoms with van der Waals surface area (Å²) in [5, 5.41) is 10.1. The van der Waals surface area contributed by atoms with E-state index in [0.29, 0.717) is 6.04 Å². The van der Waals surface area contributed by atoms with Gasteiger partial charge >= 0.3 is 0 Å². The number of benzene rings is 1. The molecule has 3 rings (SSSR count). The topological polar surface area (TPSA) is 39.9 Å². The van der Waals surface area contributed by atoms with Gasteiger partial charge in [0.05, 0.1) is 7.11 Å². The van der Waals surface area contributed by atoms with E-state index in [1.165, 1.54) is 32.1 Å². The molecule has 1 fully saturated rings. The van der Waals surface area contributed by atoms with Crippen LogP contribution < -0.4 is 4.74 Å².